The van der Waals surface area contributed by atoms with Gasteiger partial charge in [-0.05, 0) is 24.0 Å². The number of carbonyl (C=O) groups is 1. The normalized spacial score (nSPS) is 12.9. The molecule has 1 amide bonds. The van der Waals surface area contributed by atoms with Crippen LogP contribution in [0.2, 0.25) is 0 Å². The fraction of sp³-hybridized carbons (Fsp3) is 0.286. The van der Waals surface area contributed by atoms with Crippen molar-refractivity contribution in [1.82, 2.24) is 15.5 Å². The number of nitrogens with zero attached hydrogens (tertiary/aromatic N) is 2. The molecule has 0 aliphatic heterocycles. The molecule has 5 nitrogen and oxygen atoms in total. The molecule has 2 N–H and O–H groups in total. The second kappa shape index (κ2) is 10.2. The predicted molar refractivity (Wildman–Crippen MR) is 117 cm³/mol. The number of hydrogen-bond donors (Lipinski definition) is 2. The molecule has 7 heteroatoms. The number of benzene rings is 2. The van der Waals surface area contributed by atoms with E-state index in [2.05, 4.69) is 52.0 Å². The summed E-state index contributed by atoms with van der Waals surface area (Å²) in [5.74, 6) is 0.291. The molecule has 0 saturated carbocycles. The first-order valence-electron chi connectivity index (χ1n) is 9.22. The van der Waals surface area contributed by atoms with Crippen molar-refractivity contribution in [3.05, 3.63) is 71.8 Å². The summed E-state index contributed by atoms with van der Waals surface area (Å²) in [6, 6.07) is 20.3. The molecule has 0 saturated heterocycles. The Morgan fingerprint density at radius 2 is 1.71 bits per heavy atom. The molecule has 1 heterocycles. The van der Waals surface area contributed by atoms with Gasteiger partial charge in [-0.25, -0.2) is 0 Å². The highest BCUT2D eigenvalue weighted by Gasteiger charge is 2.18. The maximum Gasteiger partial charge on any atom is 0.233 e. The van der Waals surface area contributed by atoms with Gasteiger partial charge in [0.15, 0.2) is 4.34 Å². The quantitative estimate of drug-likeness (QED) is 0.505. The van der Waals surface area contributed by atoms with E-state index in [0.29, 0.717) is 13.1 Å². The van der Waals surface area contributed by atoms with E-state index < -0.39 is 0 Å². The summed E-state index contributed by atoms with van der Waals surface area (Å²) >= 11 is 2.90. The van der Waals surface area contributed by atoms with Crippen molar-refractivity contribution in [3.8, 4) is 0 Å². The van der Waals surface area contributed by atoms with E-state index in [1.165, 1.54) is 34.2 Å². The Kier molecular flexibility index (Phi) is 7.45. The maximum atomic E-state index is 12.4. The lowest BCUT2D eigenvalue weighted by Crippen LogP contribution is -2.33. The van der Waals surface area contributed by atoms with Crippen LogP contribution in [0, 0.1) is 0 Å². The van der Waals surface area contributed by atoms with Crippen LogP contribution in [0.25, 0.3) is 0 Å². The largest absolute Gasteiger partial charge is 0.356 e. The van der Waals surface area contributed by atoms with Crippen LogP contribution in [0.5, 0.6) is 0 Å². The molecule has 3 rings (SSSR count). The Morgan fingerprint density at radius 1 is 1.04 bits per heavy atom. The Hall–Kier alpha value is -2.38. The minimum absolute atomic E-state index is 0.0155. The van der Waals surface area contributed by atoms with E-state index in [-0.39, 0.29) is 17.1 Å². The molecule has 0 aliphatic carbocycles. The van der Waals surface area contributed by atoms with Gasteiger partial charge in [-0.2, -0.15) is 0 Å². The number of aromatic nitrogens is 2. The number of hydrogen-bond acceptors (Lipinski definition) is 6. The first kappa shape index (κ1) is 20.4. The Balaban J connectivity index is 1.44. The SMILES string of the molecule is CC(Sc1nnc(NCc2ccccc2)s1)C(=O)NCC(C)c1ccccc1. The average molecular weight is 413 g/mol. The molecule has 0 radical (unpaired) electrons. The van der Waals surface area contributed by atoms with E-state index in [9.17, 15) is 4.79 Å². The summed E-state index contributed by atoms with van der Waals surface area (Å²) in [4.78, 5) is 12.4. The first-order valence-corrected chi connectivity index (χ1v) is 10.9. The third-order valence-electron chi connectivity index (χ3n) is 4.29. The van der Waals surface area contributed by atoms with Crippen molar-refractivity contribution in [2.24, 2.45) is 0 Å². The molecule has 146 valence electrons. The molecule has 0 aliphatic rings. The number of anilines is 1. The van der Waals surface area contributed by atoms with Crippen LogP contribution < -0.4 is 10.6 Å². The van der Waals surface area contributed by atoms with Gasteiger partial charge in [0.1, 0.15) is 0 Å². The average Bonchev–Trinajstić information content (AvgIpc) is 3.19. The van der Waals surface area contributed by atoms with E-state index >= 15 is 0 Å². The van der Waals surface area contributed by atoms with Crippen LogP contribution >= 0.6 is 23.1 Å². The lowest BCUT2D eigenvalue weighted by Gasteiger charge is -2.15. The van der Waals surface area contributed by atoms with Crippen LogP contribution in [0.15, 0.2) is 65.0 Å². The van der Waals surface area contributed by atoms with Gasteiger partial charge in [0.05, 0.1) is 5.25 Å². The van der Waals surface area contributed by atoms with Crippen LogP contribution in [0.3, 0.4) is 0 Å². The van der Waals surface area contributed by atoms with E-state index in [1.54, 1.807) is 0 Å². The van der Waals surface area contributed by atoms with E-state index in [1.807, 2.05) is 43.3 Å². The minimum Gasteiger partial charge on any atom is -0.356 e. The summed E-state index contributed by atoms with van der Waals surface area (Å²) in [5.41, 5.74) is 2.41. The van der Waals surface area contributed by atoms with E-state index in [0.717, 1.165) is 9.47 Å². The molecule has 1 aromatic heterocycles. The lowest BCUT2D eigenvalue weighted by molar-refractivity contribution is -0.120. The van der Waals surface area contributed by atoms with Crippen molar-refractivity contribution < 1.29 is 4.79 Å². The summed E-state index contributed by atoms with van der Waals surface area (Å²) in [7, 11) is 0. The molecule has 0 bridgehead atoms. The standard InChI is InChI=1S/C21H24N4OS2/c1-15(18-11-7-4-8-12-18)13-22-19(26)16(2)27-21-25-24-20(28-21)23-14-17-9-5-3-6-10-17/h3-12,15-16H,13-14H2,1-2H3,(H,22,26)(H,23,24). The molecule has 2 unspecified atom stereocenters. The topological polar surface area (TPSA) is 66.9 Å². The number of amides is 1. The van der Waals surface area contributed by atoms with Crippen molar-refractivity contribution in [1.29, 1.82) is 0 Å². The summed E-state index contributed by atoms with van der Waals surface area (Å²) < 4.78 is 0.786. The first-order chi connectivity index (χ1) is 13.6. The predicted octanol–water partition coefficient (Wildman–Crippen LogP) is 4.55. The molecule has 3 aromatic rings. The van der Waals surface area contributed by atoms with Crippen LogP contribution in [0.4, 0.5) is 5.13 Å². The van der Waals surface area contributed by atoms with Gasteiger partial charge < -0.3 is 10.6 Å². The summed E-state index contributed by atoms with van der Waals surface area (Å²) in [6.07, 6.45) is 0. The van der Waals surface area contributed by atoms with Gasteiger partial charge in [0.2, 0.25) is 11.0 Å². The molecule has 0 spiro atoms. The zero-order valence-electron chi connectivity index (χ0n) is 16.0. The highest BCUT2D eigenvalue weighted by Crippen LogP contribution is 2.29. The van der Waals surface area contributed by atoms with Crippen LogP contribution in [-0.4, -0.2) is 27.9 Å². The molecule has 2 atom stereocenters. The molecular formula is C21H24N4OS2. The van der Waals surface area contributed by atoms with Crippen molar-refractivity contribution in [3.63, 3.8) is 0 Å². The smallest absolute Gasteiger partial charge is 0.233 e. The monoisotopic (exact) mass is 412 g/mol. The Morgan fingerprint density at radius 3 is 2.43 bits per heavy atom. The summed E-state index contributed by atoms with van der Waals surface area (Å²) in [5, 5.41) is 15.2. The second-order valence-corrected chi connectivity index (χ2v) is 9.09. The Labute approximate surface area is 174 Å². The fourth-order valence-corrected chi connectivity index (χ4v) is 4.52. The zero-order chi connectivity index (χ0) is 19.8. The molecule has 0 fully saturated rings. The number of carbonyl (C=O) groups excluding carboxylic acids is 1. The highest BCUT2D eigenvalue weighted by molar-refractivity contribution is 8.02. The van der Waals surface area contributed by atoms with Gasteiger partial charge in [0.25, 0.3) is 0 Å². The van der Waals surface area contributed by atoms with Gasteiger partial charge in [-0.1, -0.05) is 90.7 Å². The minimum atomic E-state index is -0.224. The van der Waals surface area contributed by atoms with Crippen molar-refractivity contribution in [2.75, 3.05) is 11.9 Å². The number of rotatable bonds is 9. The maximum absolute atomic E-state index is 12.4. The highest BCUT2D eigenvalue weighted by atomic mass is 32.2. The summed E-state index contributed by atoms with van der Waals surface area (Å²) in [6.45, 7) is 5.33. The van der Waals surface area contributed by atoms with Gasteiger partial charge in [-0.3, -0.25) is 4.79 Å². The third kappa shape index (κ3) is 6.07. The Bertz CT molecular complexity index is 870. The number of nitrogens with one attached hydrogen (secondary N) is 2. The molecular weight excluding hydrogens is 388 g/mol. The van der Waals surface area contributed by atoms with Crippen LogP contribution in [-0.2, 0) is 11.3 Å². The zero-order valence-corrected chi connectivity index (χ0v) is 17.6. The fourth-order valence-electron chi connectivity index (χ4n) is 2.60. The van der Waals surface area contributed by atoms with Gasteiger partial charge >= 0.3 is 0 Å². The second-order valence-electron chi connectivity index (χ2n) is 6.53. The van der Waals surface area contributed by atoms with E-state index in [4.69, 9.17) is 0 Å². The van der Waals surface area contributed by atoms with Crippen LogP contribution in [0.1, 0.15) is 30.9 Å². The van der Waals surface area contributed by atoms with Gasteiger partial charge in [0, 0.05) is 13.1 Å². The van der Waals surface area contributed by atoms with Crippen molar-refractivity contribution in [2.45, 2.75) is 35.9 Å². The van der Waals surface area contributed by atoms with Gasteiger partial charge in [-0.15, -0.1) is 10.2 Å². The van der Waals surface area contributed by atoms with Crippen molar-refractivity contribution >= 4 is 34.1 Å². The lowest BCUT2D eigenvalue weighted by atomic mass is 10.0. The third-order valence-corrected chi connectivity index (χ3v) is 6.36. The molecule has 28 heavy (non-hydrogen) atoms. The molecule has 2 aromatic carbocycles. The number of thioether (sulfide) groups is 1.